The van der Waals surface area contributed by atoms with Gasteiger partial charge in [-0.2, -0.15) is 0 Å². The minimum Gasteiger partial charge on any atom is -0.376 e. The summed E-state index contributed by atoms with van der Waals surface area (Å²) >= 11 is 0. The summed E-state index contributed by atoms with van der Waals surface area (Å²) in [7, 11) is 1.69. The van der Waals surface area contributed by atoms with Crippen molar-refractivity contribution in [3.63, 3.8) is 0 Å². The van der Waals surface area contributed by atoms with E-state index in [0.717, 1.165) is 23.4 Å². The topological polar surface area (TPSA) is 47.0 Å². The summed E-state index contributed by atoms with van der Waals surface area (Å²) in [6, 6.07) is 1.78. The molecule has 0 amide bonds. The highest BCUT2D eigenvalue weighted by atomic mass is 19.2. The van der Waals surface area contributed by atoms with Gasteiger partial charge in [0.15, 0.2) is 23.3 Å². The number of ether oxygens (including phenoxy) is 1. The number of fused-ring (bicyclic) bond motifs is 1. The summed E-state index contributed by atoms with van der Waals surface area (Å²) in [6.45, 7) is 0.913. The maximum Gasteiger partial charge on any atom is 0.194 e. The van der Waals surface area contributed by atoms with Gasteiger partial charge in [-0.3, -0.25) is 0 Å². The summed E-state index contributed by atoms with van der Waals surface area (Å²) in [5.74, 6) is -3.34. The molecule has 1 aromatic carbocycles. The van der Waals surface area contributed by atoms with E-state index >= 15 is 0 Å². The third kappa shape index (κ3) is 2.44. The third-order valence-corrected chi connectivity index (χ3v) is 3.30. The Kier molecular flexibility index (Phi) is 3.50. The Morgan fingerprint density at radius 1 is 1.14 bits per heavy atom. The number of hydrogen-bond donors (Lipinski definition) is 1. The molecule has 1 aliphatic rings. The van der Waals surface area contributed by atoms with Gasteiger partial charge in [0.2, 0.25) is 0 Å². The van der Waals surface area contributed by atoms with Gasteiger partial charge in [-0.1, -0.05) is 0 Å². The summed E-state index contributed by atoms with van der Waals surface area (Å²) in [5.41, 5.74) is 1.69. The number of halogens is 3. The molecule has 1 aromatic heterocycles. The second kappa shape index (κ2) is 5.33. The van der Waals surface area contributed by atoms with E-state index < -0.39 is 17.5 Å². The Labute approximate surface area is 119 Å². The molecule has 0 spiro atoms. The van der Waals surface area contributed by atoms with E-state index in [1.54, 1.807) is 7.05 Å². The van der Waals surface area contributed by atoms with Crippen molar-refractivity contribution in [3.8, 4) is 11.4 Å². The molecule has 21 heavy (non-hydrogen) atoms. The summed E-state index contributed by atoms with van der Waals surface area (Å²) in [5, 5.41) is 2.91. The lowest BCUT2D eigenvalue weighted by Crippen LogP contribution is -2.16. The van der Waals surface area contributed by atoms with Crippen LogP contribution in [0.5, 0.6) is 0 Å². The summed E-state index contributed by atoms with van der Waals surface area (Å²) < 4.78 is 45.1. The van der Waals surface area contributed by atoms with Crippen molar-refractivity contribution < 1.29 is 17.9 Å². The van der Waals surface area contributed by atoms with Gasteiger partial charge in [-0.25, -0.2) is 23.1 Å². The van der Waals surface area contributed by atoms with Crippen LogP contribution in [-0.2, 0) is 17.8 Å². The van der Waals surface area contributed by atoms with Crippen LogP contribution in [0.15, 0.2) is 12.1 Å². The van der Waals surface area contributed by atoms with Crippen LogP contribution in [0.1, 0.15) is 11.3 Å². The number of nitrogens with zero attached hydrogens (tertiary/aromatic N) is 2. The van der Waals surface area contributed by atoms with Crippen molar-refractivity contribution in [2.24, 2.45) is 0 Å². The predicted octanol–water partition coefficient (Wildman–Crippen LogP) is 2.68. The molecule has 0 radical (unpaired) electrons. The maximum atomic E-state index is 13.3. The van der Waals surface area contributed by atoms with Crippen molar-refractivity contribution in [3.05, 3.63) is 40.8 Å². The van der Waals surface area contributed by atoms with Gasteiger partial charge >= 0.3 is 0 Å². The SMILES string of the molecule is CNc1nc(-c2cc(F)c(F)c(F)c2)nc2c1COCC2. The quantitative estimate of drug-likeness (QED) is 0.865. The van der Waals surface area contributed by atoms with E-state index in [9.17, 15) is 13.2 Å². The van der Waals surface area contributed by atoms with Gasteiger partial charge in [-0.15, -0.1) is 0 Å². The highest BCUT2D eigenvalue weighted by Gasteiger charge is 2.20. The number of aromatic nitrogens is 2. The van der Waals surface area contributed by atoms with E-state index in [0.29, 0.717) is 25.5 Å². The first-order chi connectivity index (χ1) is 10.1. The Bertz CT molecular complexity index is 666. The molecule has 0 fully saturated rings. The molecule has 2 aromatic rings. The average molecular weight is 295 g/mol. The number of nitrogens with one attached hydrogen (secondary N) is 1. The normalized spacial score (nSPS) is 13.9. The van der Waals surface area contributed by atoms with E-state index in [1.807, 2.05) is 0 Å². The van der Waals surface area contributed by atoms with Crippen molar-refractivity contribution in [1.82, 2.24) is 9.97 Å². The number of rotatable bonds is 2. The zero-order valence-electron chi connectivity index (χ0n) is 11.2. The van der Waals surface area contributed by atoms with Gasteiger partial charge in [0.25, 0.3) is 0 Å². The fourth-order valence-corrected chi connectivity index (χ4v) is 2.25. The van der Waals surface area contributed by atoms with Crippen LogP contribution >= 0.6 is 0 Å². The third-order valence-electron chi connectivity index (χ3n) is 3.30. The highest BCUT2D eigenvalue weighted by Crippen LogP contribution is 2.27. The fraction of sp³-hybridized carbons (Fsp3) is 0.286. The molecule has 0 unspecified atom stereocenters. The second-order valence-corrected chi connectivity index (χ2v) is 4.63. The first-order valence-electron chi connectivity index (χ1n) is 6.40. The van der Waals surface area contributed by atoms with Crippen LogP contribution in [0.3, 0.4) is 0 Å². The van der Waals surface area contributed by atoms with Crippen LogP contribution in [-0.4, -0.2) is 23.6 Å². The highest BCUT2D eigenvalue weighted by molar-refractivity contribution is 5.60. The molecule has 0 atom stereocenters. The Hall–Kier alpha value is -2.15. The van der Waals surface area contributed by atoms with E-state index in [-0.39, 0.29) is 11.4 Å². The molecule has 0 aliphatic carbocycles. The second-order valence-electron chi connectivity index (χ2n) is 4.63. The van der Waals surface area contributed by atoms with Crippen LogP contribution in [0, 0.1) is 17.5 Å². The number of anilines is 1. The van der Waals surface area contributed by atoms with Crippen LogP contribution in [0.4, 0.5) is 19.0 Å². The van der Waals surface area contributed by atoms with Gasteiger partial charge in [0.05, 0.1) is 18.9 Å². The zero-order valence-corrected chi connectivity index (χ0v) is 11.2. The molecular weight excluding hydrogens is 283 g/mol. The lowest BCUT2D eigenvalue weighted by atomic mass is 10.1. The van der Waals surface area contributed by atoms with Crippen molar-refractivity contribution >= 4 is 5.82 Å². The fourth-order valence-electron chi connectivity index (χ4n) is 2.25. The Morgan fingerprint density at radius 3 is 2.52 bits per heavy atom. The molecule has 3 rings (SSSR count). The molecule has 1 aliphatic heterocycles. The van der Waals surface area contributed by atoms with Crippen LogP contribution < -0.4 is 5.32 Å². The standard InChI is InChI=1S/C14H12F3N3O/c1-18-14-8-6-21-3-2-11(8)19-13(20-14)7-4-9(15)12(17)10(16)5-7/h4-5H,2-3,6H2,1H3,(H,18,19,20). The summed E-state index contributed by atoms with van der Waals surface area (Å²) in [6.07, 6.45) is 0.589. The molecule has 110 valence electrons. The summed E-state index contributed by atoms with van der Waals surface area (Å²) in [4.78, 5) is 8.55. The average Bonchev–Trinajstić information content (AvgIpc) is 2.51. The molecule has 0 saturated heterocycles. The van der Waals surface area contributed by atoms with E-state index in [1.165, 1.54) is 0 Å². The van der Waals surface area contributed by atoms with Crippen molar-refractivity contribution in [2.75, 3.05) is 19.0 Å². The van der Waals surface area contributed by atoms with Crippen molar-refractivity contribution in [1.29, 1.82) is 0 Å². The van der Waals surface area contributed by atoms with Crippen molar-refractivity contribution in [2.45, 2.75) is 13.0 Å². The predicted molar refractivity (Wildman–Crippen MR) is 70.2 cm³/mol. The molecule has 7 heteroatoms. The largest absolute Gasteiger partial charge is 0.376 e. The maximum absolute atomic E-state index is 13.3. The Morgan fingerprint density at radius 2 is 1.86 bits per heavy atom. The zero-order chi connectivity index (χ0) is 15.0. The number of hydrogen-bond acceptors (Lipinski definition) is 4. The van der Waals surface area contributed by atoms with Gasteiger partial charge in [-0.05, 0) is 12.1 Å². The van der Waals surface area contributed by atoms with Crippen LogP contribution in [0.2, 0.25) is 0 Å². The molecule has 4 nitrogen and oxygen atoms in total. The Balaban J connectivity index is 2.15. The first-order valence-corrected chi connectivity index (χ1v) is 6.40. The molecular formula is C14H12F3N3O. The van der Waals surface area contributed by atoms with E-state index in [4.69, 9.17) is 4.74 Å². The lowest BCUT2D eigenvalue weighted by Gasteiger charge is -2.19. The minimum absolute atomic E-state index is 0.0946. The first kappa shape index (κ1) is 13.8. The number of benzene rings is 1. The van der Waals surface area contributed by atoms with Gasteiger partial charge < -0.3 is 10.1 Å². The lowest BCUT2D eigenvalue weighted by molar-refractivity contribution is 0.109. The molecule has 0 saturated carbocycles. The van der Waals surface area contributed by atoms with Gasteiger partial charge in [0, 0.05) is 24.6 Å². The smallest absolute Gasteiger partial charge is 0.194 e. The van der Waals surface area contributed by atoms with Crippen LogP contribution in [0.25, 0.3) is 11.4 Å². The van der Waals surface area contributed by atoms with E-state index in [2.05, 4.69) is 15.3 Å². The molecule has 2 heterocycles. The monoisotopic (exact) mass is 295 g/mol. The molecule has 0 bridgehead atoms. The molecule has 1 N–H and O–H groups in total. The minimum atomic E-state index is -1.50. The van der Waals surface area contributed by atoms with Gasteiger partial charge in [0.1, 0.15) is 5.82 Å².